The number of hydrogen-bond donors (Lipinski definition) is 1. The number of aromatic nitrogens is 1. The summed E-state index contributed by atoms with van der Waals surface area (Å²) in [6.07, 6.45) is -0.154. The summed E-state index contributed by atoms with van der Waals surface area (Å²) in [6.45, 7) is 6.65. The first-order chi connectivity index (χ1) is 15.3. The first-order valence-corrected chi connectivity index (χ1v) is 10.4. The van der Waals surface area contributed by atoms with Gasteiger partial charge in [-0.05, 0) is 47.9 Å². The van der Waals surface area contributed by atoms with Crippen molar-refractivity contribution in [2.24, 2.45) is 0 Å². The molecular formula is C25H26F3N3O. The fourth-order valence-corrected chi connectivity index (χ4v) is 3.51. The molecule has 0 aliphatic carbocycles. The first kappa shape index (κ1) is 23.2. The van der Waals surface area contributed by atoms with Gasteiger partial charge >= 0.3 is 12.2 Å². The van der Waals surface area contributed by atoms with Gasteiger partial charge in [0.25, 0.3) is 0 Å². The Hall–Kier alpha value is -3.48. The van der Waals surface area contributed by atoms with E-state index in [9.17, 15) is 18.0 Å². The number of amides is 2. The third-order valence-electron chi connectivity index (χ3n) is 5.16. The molecule has 0 unspecified atom stereocenters. The van der Waals surface area contributed by atoms with Gasteiger partial charge in [-0.25, -0.2) is 4.79 Å². The van der Waals surface area contributed by atoms with Crippen molar-refractivity contribution in [1.29, 1.82) is 0 Å². The van der Waals surface area contributed by atoms with Gasteiger partial charge in [-0.3, -0.25) is 0 Å². The molecule has 4 nitrogen and oxygen atoms in total. The van der Waals surface area contributed by atoms with Crippen LogP contribution in [0.1, 0.15) is 29.3 Å². The number of urea groups is 1. The predicted molar refractivity (Wildman–Crippen MR) is 120 cm³/mol. The van der Waals surface area contributed by atoms with E-state index in [0.717, 1.165) is 35.5 Å². The van der Waals surface area contributed by atoms with Crippen molar-refractivity contribution in [3.8, 4) is 0 Å². The number of carbonyl (C=O) groups excluding carboxylic acids is 1. The van der Waals surface area contributed by atoms with Gasteiger partial charge in [0.1, 0.15) is 0 Å². The average Bonchev–Trinajstić information content (AvgIpc) is 3.20. The molecule has 0 atom stereocenters. The van der Waals surface area contributed by atoms with Gasteiger partial charge in [-0.15, -0.1) is 6.58 Å². The molecule has 0 spiro atoms. The number of benzene rings is 2. The standard InChI is InChI=1S/C25H26F3N3O/c1-3-14-31(24(32)29-23-13-6-5-10-20(23)4-2)18-22-12-8-15-30(22)17-19-9-7-11-21(16-19)25(26,27)28/h3,5-13,15-16H,1,4,14,17-18H2,2H3,(H,29,32). The highest BCUT2D eigenvalue weighted by Crippen LogP contribution is 2.29. The lowest BCUT2D eigenvalue weighted by Crippen LogP contribution is -2.35. The number of anilines is 1. The fourth-order valence-electron chi connectivity index (χ4n) is 3.51. The quantitative estimate of drug-likeness (QED) is 0.407. The molecular weight excluding hydrogens is 415 g/mol. The number of alkyl halides is 3. The number of carbonyl (C=O) groups is 1. The molecule has 3 aromatic rings. The van der Waals surface area contributed by atoms with Gasteiger partial charge in [-0.2, -0.15) is 13.2 Å². The Morgan fingerprint density at radius 3 is 2.62 bits per heavy atom. The van der Waals surface area contributed by atoms with E-state index in [4.69, 9.17) is 0 Å². The molecule has 2 aromatic carbocycles. The van der Waals surface area contributed by atoms with Gasteiger partial charge in [0, 0.05) is 30.7 Å². The van der Waals surface area contributed by atoms with Crippen LogP contribution < -0.4 is 5.32 Å². The number of halogens is 3. The van der Waals surface area contributed by atoms with E-state index in [2.05, 4.69) is 11.9 Å². The van der Waals surface area contributed by atoms with Crippen molar-refractivity contribution >= 4 is 11.7 Å². The molecule has 168 valence electrons. The minimum absolute atomic E-state index is 0.266. The fraction of sp³-hybridized carbons (Fsp3) is 0.240. The molecule has 1 heterocycles. The molecule has 1 N–H and O–H groups in total. The molecule has 0 saturated carbocycles. The molecule has 1 aromatic heterocycles. The number of rotatable bonds is 8. The summed E-state index contributed by atoms with van der Waals surface area (Å²) in [6, 6.07) is 16.3. The summed E-state index contributed by atoms with van der Waals surface area (Å²) in [7, 11) is 0. The highest BCUT2D eigenvalue weighted by Gasteiger charge is 2.30. The Bertz CT molecular complexity index is 1070. The summed E-state index contributed by atoms with van der Waals surface area (Å²) >= 11 is 0. The Morgan fingerprint density at radius 1 is 1.12 bits per heavy atom. The molecule has 0 fully saturated rings. The Labute approximate surface area is 186 Å². The van der Waals surface area contributed by atoms with Crippen LogP contribution in [0.5, 0.6) is 0 Å². The smallest absolute Gasteiger partial charge is 0.345 e. The first-order valence-electron chi connectivity index (χ1n) is 10.4. The zero-order valence-corrected chi connectivity index (χ0v) is 17.9. The largest absolute Gasteiger partial charge is 0.416 e. The van der Waals surface area contributed by atoms with Gasteiger partial charge < -0.3 is 14.8 Å². The number of para-hydroxylation sites is 1. The topological polar surface area (TPSA) is 37.3 Å². The van der Waals surface area contributed by atoms with Crippen LogP contribution in [0.3, 0.4) is 0 Å². The lowest BCUT2D eigenvalue weighted by molar-refractivity contribution is -0.137. The van der Waals surface area contributed by atoms with Crippen LogP contribution in [0.25, 0.3) is 0 Å². The van der Waals surface area contributed by atoms with Gasteiger partial charge in [0.2, 0.25) is 0 Å². The molecule has 0 bridgehead atoms. The highest BCUT2D eigenvalue weighted by atomic mass is 19.4. The maximum absolute atomic E-state index is 13.0. The molecule has 7 heteroatoms. The van der Waals surface area contributed by atoms with E-state index in [1.54, 1.807) is 23.2 Å². The van der Waals surface area contributed by atoms with Crippen LogP contribution >= 0.6 is 0 Å². The second-order valence-corrected chi connectivity index (χ2v) is 7.44. The normalized spacial score (nSPS) is 11.2. The second-order valence-electron chi connectivity index (χ2n) is 7.44. The molecule has 32 heavy (non-hydrogen) atoms. The Kier molecular flexibility index (Phi) is 7.41. The van der Waals surface area contributed by atoms with Crippen LogP contribution in [0, 0.1) is 0 Å². The van der Waals surface area contributed by atoms with Crippen molar-refractivity contribution in [3.63, 3.8) is 0 Å². The van der Waals surface area contributed by atoms with E-state index in [-0.39, 0.29) is 19.1 Å². The van der Waals surface area contributed by atoms with Crippen molar-refractivity contribution < 1.29 is 18.0 Å². The van der Waals surface area contributed by atoms with Crippen LogP contribution in [0.2, 0.25) is 0 Å². The molecule has 3 rings (SSSR count). The third-order valence-corrected chi connectivity index (χ3v) is 5.16. The maximum atomic E-state index is 13.0. The SMILES string of the molecule is C=CCN(Cc1cccn1Cc1cccc(C(F)(F)F)c1)C(=O)Nc1ccccc1CC. The zero-order valence-electron chi connectivity index (χ0n) is 17.9. The number of aryl methyl sites for hydroxylation is 1. The Morgan fingerprint density at radius 2 is 1.91 bits per heavy atom. The maximum Gasteiger partial charge on any atom is 0.416 e. The van der Waals surface area contributed by atoms with E-state index in [1.807, 2.05) is 47.9 Å². The number of nitrogens with zero attached hydrogens (tertiary/aromatic N) is 2. The lowest BCUT2D eigenvalue weighted by atomic mass is 10.1. The minimum atomic E-state index is -4.39. The van der Waals surface area contributed by atoms with Crippen LogP contribution in [-0.4, -0.2) is 22.0 Å². The summed E-state index contributed by atoms with van der Waals surface area (Å²) in [5.41, 5.74) is 2.46. The van der Waals surface area contributed by atoms with E-state index in [0.29, 0.717) is 12.1 Å². The average molecular weight is 441 g/mol. The molecule has 2 amide bonds. The third kappa shape index (κ3) is 5.81. The van der Waals surface area contributed by atoms with Gasteiger partial charge in [0.15, 0.2) is 0 Å². The minimum Gasteiger partial charge on any atom is -0.345 e. The highest BCUT2D eigenvalue weighted by molar-refractivity contribution is 5.90. The van der Waals surface area contributed by atoms with Crippen LogP contribution in [-0.2, 0) is 25.7 Å². The van der Waals surface area contributed by atoms with Crippen LogP contribution in [0.4, 0.5) is 23.7 Å². The van der Waals surface area contributed by atoms with E-state index in [1.165, 1.54) is 6.07 Å². The molecule has 0 saturated heterocycles. The van der Waals surface area contributed by atoms with Crippen molar-refractivity contribution in [2.75, 3.05) is 11.9 Å². The van der Waals surface area contributed by atoms with Gasteiger partial charge in [-0.1, -0.05) is 43.3 Å². The summed E-state index contributed by atoms with van der Waals surface area (Å²) in [4.78, 5) is 14.6. The van der Waals surface area contributed by atoms with Crippen molar-refractivity contribution in [3.05, 3.63) is 102 Å². The van der Waals surface area contributed by atoms with Gasteiger partial charge in [0.05, 0.1) is 12.1 Å². The van der Waals surface area contributed by atoms with Crippen LogP contribution in [0.15, 0.2) is 79.5 Å². The molecule has 0 aliphatic heterocycles. The van der Waals surface area contributed by atoms with E-state index >= 15 is 0 Å². The summed E-state index contributed by atoms with van der Waals surface area (Å²) in [5, 5.41) is 2.96. The Balaban J connectivity index is 1.76. The number of nitrogens with one attached hydrogen (secondary N) is 1. The van der Waals surface area contributed by atoms with Crippen molar-refractivity contribution in [2.45, 2.75) is 32.6 Å². The van der Waals surface area contributed by atoms with Crippen molar-refractivity contribution in [1.82, 2.24) is 9.47 Å². The monoisotopic (exact) mass is 441 g/mol. The predicted octanol–water partition coefficient (Wildman–Crippen LogP) is 6.34. The second kappa shape index (κ2) is 10.2. The zero-order chi connectivity index (χ0) is 23.1. The summed E-state index contributed by atoms with van der Waals surface area (Å²) in [5.74, 6) is 0. The molecule has 0 aliphatic rings. The van der Waals surface area contributed by atoms with E-state index < -0.39 is 11.7 Å². The summed E-state index contributed by atoms with van der Waals surface area (Å²) < 4.78 is 41.0. The number of hydrogen-bond acceptors (Lipinski definition) is 1. The lowest BCUT2D eigenvalue weighted by Gasteiger charge is -2.23. The molecule has 0 radical (unpaired) electrons.